The van der Waals surface area contributed by atoms with Crippen LogP contribution in [0.4, 0.5) is 0 Å². The number of aliphatic hydroxyl groups excluding tert-OH is 1. The summed E-state index contributed by atoms with van der Waals surface area (Å²) in [5.41, 5.74) is 0. The predicted molar refractivity (Wildman–Crippen MR) is 151 cm³/mol. The largest absolute Gasteiger partial charge is 0.472 e. The molecule has 10 heteroatoms. The fraction of sp³-hybridized carbons (Fsp3) is 0.786. The lowest BCUT2D eigenvalue weighted by molar-refractivity contribution is -0.146. The van der Waals surface area contributed by atoms with Crippen molar-refractivity contribution in [2.24, 2.45) is 0 Å². The standard InChI is InChI=1S/C28H52NO8P/c1-3-5-6-7-8-9-10-11-12-13-14-15-16-17-18-19-20-21-27(31)29-22-23-36-38(33,34)37-25-26(30)24-35-28(32)4-2/h8-9,11-12,26,30H,3-7,10,13-25H2,1-2H3,(H,29,31)(H,33,34)/b9-8-,12-11-. The Morgan fingerprint density at radius 2 is 1.45 bits per heavy atom. The van der Waals surface area contributed by atoms with Gasteiger partial charge in [0.05, 0.1) is 13.2 Å². The SMILES string of the molecule is CCCCC/C=C\C/C=C\CCCCCCCCCC(=O)NCCOP(=O)(O)OCC(O)COC(=O)CC. The van der Waals surface area contributed by atoms with Crippen molar-refractivity contribution in [3.05, 3.63) is 24.3 Å². The van der Waals surface area contributed by atoms with Crippen LogP contribution in [-0.4, -0.2) is 54.3 Å². The van der Waals surface area contributed by atoms with Gasteiger partial charge < -0.3 is 20.1 Å². The van der Waals surface area contributed by atoms with Gasteiger partial charge in [0.2, 0.25) is 5.91 Å². The molecule has 0 aliphatic rings. The lowest BCUT2D eigenvalue weighted by Gasteiger charge is -2.15. The van der Waals surface area contributed by atoms with Crippen molar-refractivity contribution in [1.82, 2.24) is 5.32 Å². The highest BCUT2D eigenvalue weighted by atomic mass is 31.2. The maximum Gasteiger partial charge on any atom is 0.472 e. The van der Waals surface area contributed by atoms with Crippen LogP contribution >= 0.6 is 7.82 Å². The molecule has 3 N–H and O–H groups in total. The number of phosphoric acid groups is 1. The highest BCUT2D eigenvalue weighted by Crippen LogP contribution is 2.42. The Bertz CT molecular complexity index is 698. The predicted octanol–water partition coefficient (Wildman–Crippen LogP) is 6.14. The van der Waals surface area contributed by atoms with Crippen LogP contribution in [0.2, 0.25) is 0 Å². The van der Waals surface area contributed by atoms with Gasteiger partial charge in [0.1, 0.15) is 12.7 Å². The number of phosphoric ester groups is 1. The Balaban J connectivity index is 3.55. The molecule has 9 nitrogen and oxygen atoms in total. The summed E-state index contributed by atoms with van der Waals surface area (Å²) in [6, 6.07) is 0. The van der Waals surface area contributed by atoms with Gasteiger partial charge in [-0.05, 0) is 38.5 Å². The molecule has 2 unspecified atom stereocenters. The summed E-state index contributed by atoms with van der Waals surface area (Å²) in [5, 5.41) is 12.2. The average molecular weight is 562 g/mol. The van der Waals surface area contributed by atoms with Crippen LogP contribution in [0, 0.1) is 0 Å². The van der Waals surface area contributed by atoms with Crippen LogP contribution in [0.25, 0.3) is 0 Å². The summed E-state index contributed by atoms with van der Waals surface area (Å²) in [7, 11) is -4.37. The smallest absolute Gasteiger partial charge is 0.463 e. The molecule has 0 heterocycles. The van der Waals surface area contributed by atoms with Crippen molar-refractivity contribution in [3.8, 4) is 0 Å². The molecule has 2 atom stereocenters. The number of amides is 1. The lowest BCUT2D eigenvalue weighted by atomic mass is 10.1. The summed E-state index contributed by atoms with van der Waals surface area (Å²) >= 11 is 0. The number of unbranched alkanes of at least 4 members (excludes halogenated alkanes) is 10. The third-order valence-electron chi connectivity index (χ3n) is 5.69. The van der Waals surface area contributed by atoms with Crippen LogP contribution in [0.1, 0.15) is 110 Å². The molecule has 0 aromatic heterocycles. The zero-order valence-electron chi connectivity index (χ0n) is 23.6. The summed E-state index contributed by atoms with van der Waals surface area (Å²) in [4.78, 5) is 32.5. The van der Waals surface area contributed by atoms with Gasteiger partial charge in [-0.25, -0.2) is 4.57 Å². The van der Waals surface area contributed by atoms with E-state index in [9.17, 15) is 24.2 Å². The molecule has 0 spiro atoms. The Hall–Kier alpha value is -1.51. The number of aliphatic hydroxyl groups is 1. The maximum absolute atomic E-state index is 11.9. The van der Waals surface area contributed by atoms with Gasteiger partial charge in [-0.1, -0.05) is 83.1 Å². The summed E-state index contributed by atoms with van der Waals surface area (Å²) in [6.45, 7) is 2.85. The maximum atomic E-state index is 11.9. The van der Waals surface area contributed by atoms with Gasteiger partial charge in [-0.3, -0.25) is 18.6 Å². The minimum atomic E-state index is -4.37. The van der Waals surface area contributed by atoms with Gasteiger partial charge in [-0.2, -0.15) is 0 Å². The lowest BCUT2D eigenvalue weighted by Crippen LogP contribution is -2.27. The van der Waals surface area contributed by atoms with Crippen molar-refractivity contribution >= 4 is 19.7 Å². The normalized spacial score (nSPS) is 14.1. The molecule has 0 saturated carbocycles. The Labute approximate surface area is 230 Å². The van der Waals surface area contributed by atoms with E-state index in [1.807, 2.05) is 0 Å². The second kappa shape index (κ2) is 25.8. The average Bonchev–Trinajstić information content (AvgIpc) is 2.90. The minimum Gasteiger partial charge on any atom is -0.463 e. The van der Waals surface area contributed by atoms with Crippen LogP contribution < -0.4 is 5.32 Å². The van der Waals surface area contributed by atoms with Crippen molar-refractivity contribution in [2.75, 3.05) is 26.4 Å². The first-order valence-corrected chi connectivity index (χ1v) is 15.8. The fourth-order valence-corrected chi connectivity index (χ4v) is 4.20. The molecule has 38 heavy (non-hydrogen) atoms. The first kappa shape index (κ1) is 36.5. The van der Waals surface area contributed by atoms with E-state index < -0.39 is 26.5 Å². The summed E-state index contributed by atoms with van der Waals surface area (Å²) < 4.78 is 25.9. The van der Waals surface area contributed by atoms with Crippen LogP contribution in [-0.2, 0) is 27.9 Å². The summed E-state index contributed by atoms with van der Waals surface area (Å²) in [5.74, 6) is -0.618. The number of hydrogen-bond acceptors (Lipinski definition) is 7. The molecule has 0 saturated heterocycles. The van der Waals surface area contributed by atoms with E-state index in [2.05, 4.69) is 41.1 Å². The molecule has 0 bridgehead atoms. The number of allylic oxidation sites excluding steroid dienone is 4. The van der Waals surface area contributed by atoms with Gasteiger partial charge in [0, 0.05) is 19.4 Å². The molecule has 1 amide bonds. The molecule has 0 radical (unpaired) electrons. The third-order valence-corrected chi connectivity index (χ3v) is 6.67. The number of hydrogen-bond donors (Lipinski definition) is 3. The number of esters is 1. The second-order valence-electron chi connectivity index (χ2n) is 9.33. The molecular weight excluding hydrogens is 509 g/mol. The Kier molecular flexibility index (Phi) is 24.7. The van der Waals surface area contributed by atoms with Gasteiger partial charge >= 0.3 is 13.8 Å². The number of rotatable bonds is 26. The zero-order valence-corrected chi connectivity index (χ0v) is 24.5. The van der Waals surface area contributed by atoms with E-state index in [0.29, 0.717) is 6.42 Å². The second-order valence-corrected chi connectivity index (χ2v) is 10.8. The van der Waals surface area contributed by atoms with E-state index in [1.165, 1.54) is 51.4 Å². The molecule has 0 aromatic carbocycles. The van der Waals surface area contributed by atoms with E-state index in [0.717, 1.165) is 32.1 Å². The Morgan fingerprint density at radius 1 is 0.842 bits per heavy atom. The quantitative estimate of drug-likeness (QED) is 0.0496. The van der Waals surface area contributed by atoms with Crippen molar-refractivity contribution in [2.45, 2.75) is 116 Å². The summed E-state index contributed by atoms with van der Waals surface area (Å²) in [6.07, 6.45) is 23.5. The molecular formula is C28H52NO8P. The van der Waals surface area contributed by atoms with E-state index >= 15 is 0 Å². The Morgan fingerprint density at radius 3 is 2.08 bits per heavy atom. The molecule has 0 rings (SSSR count). The minimum absolute atomic E-state index is 0.0765. The molecule has 0 aliphatic heterocycles. The van der Waals surface area contributed by atoms with Gasteiger partial charge in [-0.15, -0.1) is 0 Å². The van der Waals surface area contributed by atoms with E-state index in [4.69, 9.17) is 9.26 Å². The van der Waals surface area contributed by atoms with Crippen molar-refractivity contribution in [3.63, 3.8) is 0 Å². The van der Waals surface area contributed by atoms with Crippen LogP contribution in [0.3, 0.4) is 0 Å². The first-order chi connectivity index (χ1) is 18.3. The van der Waals surface area contributed by atoms with E-state index in [1.54, 1.807) is 6.92 Å². The van der Waals surface area contributed by atoms with Crippen LogP contribution in [0.5, 0.6) is 0 Å². The van der Waals surface area contributed by atoms with E-state index in [-0.39, 0.29) is 32.1 Å². The molecule has 222 valence electrons. The first-order valence-electron chi connectivity index (χ1n) is 14.3. The van der Waals surface area contributed by atoms with Gasteiger partial charge in [0.25, 0.3) is 0 Å². The zero-order chi connectivity index (χ0) is 28.3. The number of ether oxygens (including phenoxy) is 1. The monoisotopic (exact) mass is 561 g/mol. The van der Waals surface area contributed by atoms with Crippen molar-refractivity contribution < 1.29 is 37.9 Å². The topological polar surface area (TPSA) is 131 Å². The molecule has 0 fully saturated rings. The number of carbonyl (C=O) groups is 2. The fourth-order valence-electron chi connectivity index (χ4n) is 3.45. The number of nitrogens with one attached hydrogen (secondary N) is 1. The third kappa shape index (κ3) is 26.1. The van der Waals surface area contributed by atoms with Gasteiger partial charge in [0.15, 0.2) is 0 Å². The van der Waals surface area contributed by atoms with Crippen LogP contribution in [0.15, 0.2) is 24.3 Å². The molecule has 0 aliphatic carbocycles. The molecule has 0 aromatic rings. The highest BCUT2D eigenvalue weighted by Gasteiger charge is 2.23. The van der Waals surface area contributed by atoms with Crippen molar-refractivity contribution in [1.29, 1.82) is 0 Å². The highest BCUT2D eigenvalue weighted by molar-refractivity contribution is 7.47. The number of carbonyl (C=O) groups excluding carboxylic acids is 2.